The largest absolute Gasteiger partial charge is 0.507 e. The Kier molecular flexibility index (Phi) is 3.78. The zero-order valence-corrected chi connectivity index (χ0v) is 12.6. The first-order valence-corrected chi connectivity index (χ1v) is 7.56. The van der Waals surface area contributed by atoms with E-state index in [1.807, 2.05) is 31.2 Å². The molecule has 0 spiro atoms. The van der Waals surface area contributed by atoms with E-state index in [-0.39, 0.29) is 5.75 Å². The van der Waals surface area contributed by atoms with Crippen molar-refractivity contribution in [2.75, 3.05) is 11.4 Å². The summed E-state index contributed by atoms with van der Waals surface area (Å²) in [4.78, 5) is 11.5. The Morgan fingerprint density at radius 2 is 2.00 bits per heavy atom. The molecule has 1 saturated heterocycles. The molecular weight excluding hydrogens is 262 g/mol. The number of phenols is 1. The van der Waals surface area contributed by atoms with Gasteiger partial charge in [-0.1, -0.05) is 12.1 Å². The molecule has 1 aliphatic rings. The number of phenolic OH excluding ortho intramolecular Hbond substituents is 1. The number of rotatable bonds is 2. The first-order chi connectivity index (χ1) is 10.1. The molecule has 1 atom stereocenters. The summed E-state index contributed by atoms with van der Waals surface area (Å²) in [6, 6.07) is 9.76. The maximum atomic E-state index is 10.0. The van der Waals surface area contributed by atoms with Gasteiger partial charge in [-0.25, -0.2) is 9.97 Å². The summed E-state index contributed by atoms with van der Waals surface area (Å²) in [5.74, 6) is 1.79. The number of aryl methyl sites for hydroxylation is 1. The van der Waals surface area contributed by atoms with E-state index >= 15 is 0 Å². The quantitative estimate of drug-likeness (QED) is 0.916. The van der Waals surface area contributed by atoms with Crippen molar-refractivity contribution >= 4 is 5.82 Å². The topological polar surface area (TPSA) is 49.2 Å². The Morgan fingerprint density at radius 1 is 1.19 bits per heavy atom. The van der Waals surface area contributed by atoms with E-state index in [0.29, 0.717) is 17.4 Å². The van der Waals surface area contributed by atoms with Crippen LogP contribution >= 0.6 is 0 Å². The highest BCUT2D eigenvalue weighted by atomic mass is 16.3. The van der Waals surface area contributed by atoms with E-state index in [9.17, 15) is 5.11 Å². The van der Waals surface area contributed by atoms with Crippen LogP contribution in [0.1, 0.15) is 31.9 Å². The second-order valence-electron chi connectivity index (χ2n) is 5.75. The summed E-state index contributed by atoms with van der Waals surface area (Å²) in [6.45, 7) is 5.26. The molecule has 0 bridgehead atoms. The molecule has 1 fully saturated rings. The number of aromatic hydroxyl groups is 1. The van der Waals surface area contributed by atoms with Gasteiger partial charge in [-0.05, 0) is 45.2 Å². The van der Waals surface area contributed by atoms with Crippen LogP contribution in [0.5, 0.6) is 5.75 Å². The van der Waals surface area contributed by atoms with Crippen molar-refractivity contribution in [3.05, 3.63) is 36.0 Å². The van der Waals surface area contributed by atoms with Gasteiger partial charge in [-0.3, -0.25) is 0 Å². The van der Waals surface area contributed by atoms with Gasteiger partial charge < -0.3 is 10.0 Å². The Balaban J connectivity index is 2.02. The molecule has 4 heteroatoms. The third kappa shape index (κ3) is 2.84. The monoisotopic (exact) mass is 283 g/mol. The second-order valence-corrected chi connectivity index (χ2v) is 5.75. The number of benzene rings is 1. The maximum absolute atomic E-state index is 10.0. The minimum absolute atomic E-state index is 0.223. The number of aromatic nitrogens is 2. The van der Waals surface area contributed by atoms with Gasteiger partial charge in [0.25, 0.3) is 0 Å². The molecule has 3 rings (SSSR count). The van der Waals surface area contributed by atoms with Gasteiger partial charge in [-0.15, -0.1) is 0 Å². The number of hydrogen-bond donors (Lipinski definition) is 1. The molecule has 1 aromatic heterocycles. The molecule has 110 valence electrons. The van der Waals surface area contributed by atoms with Crippen molar-refractivity contribution in [2.45, 2.75) is 39.2 Å². The lowest BCUT2D eigenvalue weighted by Crippen LogP contribution is -2.38. The molecule has 1 aromatic carbocycles. The standard InChI is InChI=1S/C17H21N3O/c1-12-11-16(20-10-6-5-7-13(20)2)19-17(18-12)14-8-3-4-9-15(14)21/h3-4,8-9,11,13,21H,5-7,10H2,1-2H3/t13-/m1/s1. The van der Waals surface area contributed by atoms with Crippen molar-refractivity contribution in [2.24, 2.45) is 0 Å². The average molecular weight is 283 g/mol. The lowest BCUT2D eigenvalue weighted by atomic mass is 10.0. The highest BCUT2D eigenvalue weighted by Crippen LogP contribution is 2.29. The molecule has 21 heavy (non-hydrogen) atoms. The second kappa shape index (κ2) is 5.72. The minimum atomic E-state index is 0.223. The van der Waals surface area contributed by atoms with Gasteiger partial charge in [0.2, 0.25) is 0 Å². The normalized spacial score (nSPS) is 18.8. The molecule has 2 heterocycles. The molecular formula is C17H21N3O. The summed E-state index contributed by atoms with van der Waals surface area (Å²) in [5.41, 5.74) is 1.61. The fourth-order valence-corrected chi connectivity index (χ4v) is 2.92. The Morgan fingerprint density at radius 3 is 2.76 bits per heavy atom. The molecule has 1 aliphatic heterocycles. The number of hydrogen-bond acceptors (Lipinski definition) is 4. The van der Waals surface area contributed by atoms with Gasteiger partial charge in [0.15, 0.2) is 5.82 Å². The van der Waals surface area contributed by atoms with Crippen molar-refractivity contribution in [1.82, 2.24) is 9.97 Å². The van der Waals surface area contributed by atoms with Crippen LogP contribution in [-0.4, -0.2) is 27.7 Å². The number of para-hydroxylation sites is 1. The van der Waals surface area contributed by atoms with Gasteiger partial charge >= 0.3 is 0 Å². The molecule has 4 nitrogen and oxygen atoms in total. The van der Waals surface area contributed by atoms with Crippen molar-refractivity contribution in [1.29, 1.82) is 0 Å². The lowest BCUT2D eigenvalue weighted by Gasteiger charge is -2.34. The van der Waals surface area contributed by atoms with Crippen molar-refractivity contribution in [3.8, 4) is 17.1 Å². The van der Waals surface area contributed by atoms with Crippen LogP contribution in [0.15, 0.2) is 30.3 Å². The Hall–Kier alpha value is -2.10. The molecule has 0 amide bonds. The summed E-state index contributed by atoms with van der Waals surface area (Å²) in [6.07, 6.45) is 3.70. The fourth-order valence-electron chi connectivity index (χ4n) is 2.92. The van der Waals surface area contributed by atoms with Crippen LogP contribution in [0.3, 0.4) is 0 Å². The maximum Gasteiger partial charge on any atom is 0.165 e. The zero-order chi connectivity index (χ0) is 14.8. The van der Waals surface area contributed by atoms with E-state index in [0.717, 1.165) is 18.1 Å². The van der Waals surface area contributed by atoms with Crippen LogP contribution < -0.4 is 4.90 Å². The predicted molar refractivity (Wildman–Crippen MR) is 84.5 cm³/mol. The summed E-state index contributed by atoms with van der Waals surface area (Å²) >= 11 is 0. The van der Waals surface area contributed by atoms with Crippen LogP contribution in [0.4, 0.5) is 5.82 Å². The van der Waals surface area contributed by atoms with Gasteiger partial charge in [0.1, 0.15) is 11.6 Å². The van der Waals surface area contributed by atoms with Crippen LogP contribution in [-0.2, 0) is 0 Å². The minimum Gasteiger partial charge on any atom is -0.507 e. The van der Waals surface area contributed by atoms with E-state index in [2.05, 4.69) is 16.8 Å². The fraction of sp³-hybridized carbons (Fsp3) is 0.412. The Labute approximate surface area is 125 Å². The Bertz CT molecular complexity index is 642. The predicted octanol–water partition coefficient (Wildman–Crippen LogP) is 3.54. The van der Waals surface area contributed by atoms with Crippen LogP contribution in [0.25, 0.3) is 11.4 Å². The first-order valence-electron chi connectivity index (χ1n) is 7.56. The third-order valence-electron chi connectivity index (χ3n) is 4.08. The van der Waals surface area contributed by atoms with E-state index in [1.165, 1.54) is 19.3 Å². The molecule has 0 unspecified atom stereocenters. The van der Waals surface area contributed by atoms with Crippen molar-refractivity contribution in [3.63, 3.8) is 0 Å². The molecule has 0 saturated carbocycles. The molecule has 1 N–H and O–H groups in total. The summed E-state index contributed by atoms with van der Waals surface area (Å²) in [5, 5.41) is 10.0. The van der Waals surface area contributed by atoms with E-state index in [1.54, 1.807) is 6.07 Å². The highest BCUT2D eigenvalue weighted by molar-refractivity contribution is 5.65. The molecule has 0 aliphatic carbocycles. The van der Waals surface area contributed by atoms with Gasteiger partial charge in [0.05, 0.1) is 5.56 Å². The first kappa shape index (κ1) is 13.9. The van der Waals surface area contributed by atoms with E-state index < -0.39 is 0 Å². The summed E-state index contributed by atoms with van der Waals surface area (Å²) in [7, 11) is 0. The lowest BCUT2D eigenvalue weighted by molar-refractivity contribution is 0.476. The number of piperidine rings is 1. The molecule has 2 aromatic rings. The third-order valence-corrected chi connectivity index (χ3v) is 4.08. The zero-order valence-electron chi connectivity index (χ0n) is 12.6. The molecule has 0 radical (unpaired) electrons. The van der Waals surface area contributed by atoms with Gasteiger partial charge in [0, 0.05) is 24.3 Å². The average Bonchev–Trinajstić information content (AvgIpc) is 2.47. The highest BCUT2D eigenvalue weighted by Gasteiger charge is 2.21. The SMILES string of the molecule is Cc1cc(N2CCCC[C@H]2C)nc(-c2ccccc2O)n1. The summed E-state index contributed by atoms with van der Waals surface area (Å²) < 4.78 is 0. The van der Waals surface area contributed by atoms with Gasteiger partial charge in [-0.2, -0.15) is 0 Å². The van der Waals surface area contributed by atoms with Crippen LogP contribution in [0, 0.1) is 6.92 Å². The van der Waals surface area contributed by atoms with Crippen LogP contribution in [0.2, 0.25) is 0 Å². The van der Waals surface area contributed by atoms with E-state index in [4.69, 9.17) is 4.98 Å². The smallest absolute Gasteiger partial charge is 0.165 e. The van der Waals surface area contributed by atoms with Crippen molar-refractivity contribution < 1.29 is 5.11 Å². The number of nitrogens with zero attached hydrogens (tertiary/aromatic N) is 3. The number of anilines is 1.